The minimum atomic E-state index is -0.850. The van der Waals surface area contributed by atoms with Crippen molar-refractivity contribution >= 4 is 17.7 Å². The molecule has 7 nitrogen and oxygen atoms in total. The molecule has 1 amide bonds. The molecular formula is C20H26N4O3. The van der Waals surface area contributed by atoms with Crippen LogP contribution in [0.1, 0.15) is 49.8 Å². The van der Waals surface area contributed by atoms with Crippen molar-refractivity contribution in [3.63, 3.8) is 0 Å². The van der Waals surface area contributed by atoms with Crippen LogP contribution in [0.3, 0.4) is 0 Å². The number of amides is 1. The minimum absolute atomic E-state index is 0.0552. The Balaban J connectivity index is 1.32. The van der Waals surface area contributed by atoms with Crippen molar-refractivity contribution in [2.75, 3.05) is 24.5 Å². The number of carbonyl (C=O) groups excluding carboxylic acids is 1. The first-order valence-electron chi connectivity index (χ1n) is 10.2. The van der Waals surface area contributed by atoms with E-state index in [0.29, 0.717) is 13.0 Å². The number of rotatable bonds is 3. The number of carboxylic acids is 1. The van der Waals surface area contributed by atoms with Gasteiger partial charge in [0.15, 0.2) is 0 Å². The van der Waals surface area contributed by atoms with Gasteiger partial charge in [-0.3, -0.25) is 4.79 Å². The highest BCUT2D eigenvalue weighted by molar-refractivity contribution is 5.87. The van der Waals surface area contributed by atoms with Crippen LogP contribution in [0.4, 0.5) is 5.82 Å². The van der Waals surface area contributed by atoms with Crippen LogP contribution >= 0.6 is 0 Å². The summed E-state index contributed by atoms with van der Waals surface area (Å²) in [7, 11) is 0. The van der Waals surface area contributed by atoms with Crippen LogP contribution in [-0.4, -0.2) is 57.5 Å². The lowest BCUT2D eigenvalue weighted by molar-refractivity contribution is -0.148. The van der Waals surface area contributed by atoms with Crippen molar-refractivity contribution in [2.24, 2.45) is 11.3 Å². The standard InChI is InChI=1S/C20H26N4O3/c25-18(13-4-5-13)24-11-20(10-16(24)19(26)27)6-8-23(9-7-20)17-14-2-1-3-15(14)21-12-22-17/h12-13,16H,1-11H2,(H,26,27)/t16-/m1/s1. The summed E-state index contributed by atoms with van der Waals surface area (Å²) >= 11 is 0. The summed E-state index contributed by atoms with van der Waals surface area (Å²) in [5.74, 6) is 0.365. The van der Waals surface area contributed by atoms with E-state index in [-0.39, 0.29) is 17.2 Å². The number of aromatic nitrogens is 2. The van der Waals surface area contributed by atoms with Crippen molar-refractivity contribution < 1.29 is 14.7 Å². The van der Waals surface area contributed by atoms with E-state index in [9.17, 15) is 14.7 Å². The van der Waals surface area contributed by atoms with Crippen LogP contribution < -0.4 is 4.90 Å². The Bertz CT molecular complexity index is 783. The highest BCUT2D eigenvalue weighted by Gasteiger charge is 2.52. The van der Waals surface area contributed by atoms with Crippen molar-refractivity contribution in [2.45, 2.75) is 57.4 Å². The van der Waals surface area contributed by atoms with Gasteiger partial charge in [-0.05, 0) is 56.8 Å². The quantitative estimate of drug-likeness (QED) is 0.871. The molecule has 1 spiro atoms. The Kier molecular flexibility index (Phi) is 3.88. The number of carbonyl (C=O) groups is 2. The third kappa shape index (κ3) is 2.87. The van der Waals surface area contributed by atoms with Gasteiger partial charge in [0, 0.05) is 36.8 Å². The highest BCUT2D eigenvalue weighted by atomic mass is 16.4. The van der Waals surface area contributed by atoms with Crippen LogP contribution in [-0.2, 0) is 22.4 Å². The monoisotopic (exact) mass is 370 g/mol. The lowest BCUT2D eigenvalue weighted by Gasteiger charge is -2.40. The molecule has 5 rings (SSSR count). The number of likely N-dealkylation sites (tertiary alicyclic amines) is 1. The fourth-order valence-electron chi connectivity index (χ4n) is 5.24. The number of fused-ring (bicyclic) bond motifs is 1. The van der Waals surface area contributed by atoms with E-state index < -0.39 is 12.0 Å². The van der Waals surface area contributed by atoms with E-state index in [4.69, 9.17) is 0 Å². The Morgan fingerprint density at radius 1 is 1.15 bits per heavy atom. The van der Waals surface area contributed by atoms with Gasteiger partial charge in [0.05, 0.1) is 0 Å². The number of aliphatic carboxylic acids is 1. The number of hydrogen-bond donors (Lipinski definition) is 1. The molecule has 2 aliphatic heterocycles. The predicted molar refractivity (Wildman–Crippen MR) is 98.4 cm³/mol. The van der Waals surface area contributed by atoms with Gasteiger partial charge in [-0.25, -0.2) is 14.8 Å². The molecule has 1 atom stereocenters. The van der Waals surface area contributed by atoms with Crippen LogP contribution in [0.25, 0.3) is 0 Å². The molecule has 1 aromatic rings. The molecule has 2 saturated heterocycles. The van der Waals surface area contributed by atoms with E-state index >= 15 is 0 Å². The summed E-state index contributed by atoms with van der Waals surface area (Å²) in [6.45, 7) is 2.36. The molecule has 3 heterocycles. The summed E-state index contributed by atoms with van der Waals surface area (Å²) in [6, 6.07) is -0.645. The van der Waals surface area contributed by atoms with E-state index in [2.05, 4.69) is 14.9 Å². The van der Waals surface area contributed by atoms with Gasteiger partial charge in [0.25, 0.3) is 0 Å². The lowest BCUT2D eigenvalue weighted by Crippen LogP contribution is -2.44. The molecule has 27 heavy (non-hydrogen) atoms. The second-order valence-electron chi connectivity index (χ2n) is 8.76. The predicted octanol–water partition coefficient (Wildman–Crippen LogP) is 1.65. The Morgan fingerprint density at radius 2 is 1.93 bits per heavy atom. The van der Waals surface area contributed by atoms with Gasteiger partial charge in [-0.1, -0.05) is 0 Å². The van der Waals surface area contributed by atoms with E-state index in [0.717, 1.165) is 63.9 Å². The Morgan fingerprint density at radius 3 is 2.63 bits per heavy atom. The van der Waals surface area contributed by atoms with Crippen molar-refractivity contribution in [1.29, 1.82) is 0 Å². The first-order chi connectivity index (χ1) is 13.1. The van der Waals surface area contributed by atoms with Gasteiger partial charge < -0.3 is 14.9 Å². The Labute approximate surface area is 158 Å². The summed E-state index contributed by atoms with van der Waals surface area (Å²) in [5, 5.41) is 9.66. The molecule has 7 heteroatoms. The van der Waals surface area contributed by atoms with Crippen molar-refractivity contribution in [3.05, 3.63) is 17.6 Å². The van der Waals surface area contributed by atoms with Gasteiger partial charge in [0.1, 0.15) is 18.2 Å². The minimum Gasteiger partial charge on any atom is -0.480 e. The number of hydrogen-bond acceptors (Lipinski definition) is 5. The average Bonchev–Trinajstić information content (AvgIpc) is 3.29. The van der Waals surface area contributed by atoms with Crippen LogP contribution in [0.5, 0.6) is 0 Å². The second kappa shape index (κ2) is 6.17. The molecular weight excluding hydrogens is 344 g/mol. The molecule has 0 aromatic carbocycles. The zero-order chi connectivity index (χ0) is 18.6. The summed E-state index contributed by atoms with van der Waals surface area (Å²) in [5.41, 5.74) is 2.43. The van der Waals surface area contributed by atoms with Crippen LogP contribution in [0, 0.1) is 11.3 Å². The van der Waals surface area contributed by atoms with E-state index in [1.54, 1.807) is 11.2 Å². The van der Waals surface area contributed by atoms with E-state index in [1.807, 2.05) is 0 Å². The van der Waals surface area contributed by atoms with Gasteiger partial charge in [0.2, 0.25) is 5.91 Å². The molecule has 1 aromatic heterocycles. The number of nitrogens with zero attached hydrogens (tertiary/aromatic N) is 4. The number of anilines is 1. The third-order valence-electron chi connectivity index (χ3n) is 6.98. The number of aryl methyl sites for hydroxylation is 1. The average molecular weight is 370 g/mol. The fraction of sp³-hybridized carbons (Fsp3) is 0.700. The summed E-state index contributed by atoms with van der Waals surface area (Å²) in [6.07, 6.45) is 9.19. The summed E-state index contributed by atoms with van der Waals surface area (Å²) < 4.78 is 0. The Hall–Kier alpha value is -2.18. The smallest absolute Gasteiger partial charge is 0.326 e. The summed E-state index contributed by atoms with van der Waals surface area (Å²) in [4.78, 5) is 37.4. The topological polar surface area (TPSA) is 86.6 Å². The van der Waals surface area contributed by atoms with Crippen molar-refractivity contribution in [1.82, 2.24) is 14.9 Å². The van der Waals surface area contributed by atoms with Crippen LogP contribution in [0.15, 0.2) is 6.33 Å². The van der Waals surface area contributed by atoms with E-state index in [1.165, 1.54) is 11.3 Å². The fourth-order valence-corrected chi connectivity index (χ4v) is 5.24. The number of piperidine rings is 1. The molecule has 1 saturated carbocycles. The molecule has 4 aliphatic rings. The molecule has 0 radical (unpaired) electrons. The second-order valence-corrected chi connectivity index (χ2v) is 8.76. The zero-order valence-corrected chi connectivity index (χ0v) is 15.6. The van der Waals surface area contributed by atoms with Crippen LogP contribution in [0.2, 0.25) is 0 Å². The zero-order valence-electron chi connectivity index (χ0n) is 15.6. The molecule has 2 aliphatic carbocycles. The van der Waals surface area contributed by atoms with Gasteiger partial charge in [-0.15, -0.1) is 0 Å². The number of carboxylic acid groups (broad SMARTS) is 1. The largest absolute Gasteiger partial charge is 0.480 e. The molecule has 144 valence electrons. The maximum absolute atomic E-state index is 12.6. The third-order valence-corrected chi connectivity index (χ3v) is 6.98. The lowest BCUT2D eigenvalue weighted by atomic mass is 9.76. The molecule has 0 bridgehead atoms. The molecule has 0 unspecified atom stereocenters. The maximum Gasteiger partial charge on any atom is 0.326 e. The van der Waals surface area contributed by atoms with Crippen molar-refractivity contribution in [3.8, 4) is 0 Å². The first-order valence-corrected chi connectivity index (χ1v) is 10.2. The first kappa shape index (κ1) is 17.0. The van der Waals surface area contributed by atoms with Gasteiger partial charge >= 0.3 is 5.97 Å². The molecule has 3 fully saturated rings. The normalized spacial score (nSPS) is 26.4. The van der Waals surface area contributed by atoms with Gasteiger partial charge in [-0.2, -0.15) is 0 Å². The SMILES string of the molecule is O=C(O)[C@H]1CC2(CCN(c3ncnc4c3CCC4)CC2)CN1C(=O)C1CC1. The highest BCUT2D eigenvalue weighted by Crippen LogP contribution is 2.46. The molecule has 1 N–H and O–H groups in total. The maximum atomic E-state index is 12.6.